The van der Waals surface area contributed by atoms with Crippen LogP contribution in [0, 0.1) is 0 Å². The predicted molar refractivity (Wildman–Crippen MR) is 19.7 cm³/mol. The zero-order valence-electron chi connectivity index (χ0n) is 2.94. The summed E-state index contributed by atoms with van der Waals surface area (Å²) in [5.41, 5.74) is 0. The molecule has 7 heteroatoms. The number of hydrogen-bond acceptors (Lipinski definition) is 2. The molecular weight excluding hydrogens is 185 g/mol. The maximum Gasteiger partial charge on any atom is 2.00 e. The summed E-state index contributed by atoms with van der Waals surface area (Å²) in [7, 11) is -1.67. The molecule has 0 heterocycles. The maximum atomic E-state index is 8.46. The molecule has 2 N–H and O–H groups in total. The minimum Gasteiger partial charge on any atom is -0.310 e. The molecule has 0 unspecified atom stereocenters. The van der Waals surface area contributed by atoms with E-state index in [1.807, 2.05) is 0 Å². The molecule has 0 aliphatic heterocycles. The summed E-state index contributed by atoms with van der Waals surface area (Å²) < 4.78 is 16.9. The second kappa shape index (κ2) is 30.4. The molecule has 0 atom stereocenters. The molecule has 0 saturated carbocycles. The van der Waals surface area contributed by atoms with Crippen LogP contribution in [-0.4, -0.2) is 9.79 Å². The molecule has 0 saturated heterocycles. The van der Waals surface area contributed by atoms with E-state index >= 15 is 0 Å². The molecule has 0 spiro atoms. The predicted octanol–water partition coefficient (Wildman–Crippen LogP) is 0.368. The van der Waals surface area contributed by atoms with E-state index in [2.05, 4.69) is 0 Å². The molecule has 4 nitrogen and oxygen atoms in total. The second-order valence-corrected chi connectivity index (χ2v) is 0.490. The Morgan fingerprint density at radius 1 is 1.00 bits per heavy atom. The van der Waals surface area contributed by atoms with Gasteiger partial charge in [-0.05, 0) is 0 Å². The van der Waals surface area contributed by atoms with Crippen molar-refractivity contribution in [3.63, 3.8) is 0 Å². The van der Waals surface area contributed by atoms with Gasteiger partial charge in [-0.15, -0.1) is 0 Å². The van der Waals surface area contributed by atoms with Crippen LogP contribution in [0.2, 0.25) is 0 Å². The first-order valence-electron chi connectivity index (χ1n) is 0.765. The molecule has 7 heavy (non-hydrogen) atoms. The van der Waals surface area contributed by atoms with Gasteiger partial charge in [0.25, 0.3) is 0 Å². The van der Waals surface area contributed by atoms with Crippen molar-refractivity contribution in [2.45, 2.75) is 0 Å². The first kappa shape index (κ1) is 15.6. The quantitative estimate of drug-likeness (QED) is 0.537. The van der Waals surface area contributed by atoms with Gasteiger partial charge in [0.15, 0.2) is 0 Å². The van der Waals surface area contributed by atoms with E-state index in [1.165, 1.54) is 0 Å². The summed E-state index contributed by atoms with van der Waals surface area (Å²) in [5, 5.41) is 0. The average molecular weight is 187 g/mol. The standard InChI is InChI=1S/Co.2HO2P/c;2*1-3-2/h;2*(H,1,2)/q+2;;. The first-order chi connectivity index (χ1) is 2.83. The zero-order valence-corrected chi connectivity index (χ0v) is 5.77. The largest absolute Gasteiger partial charge is 2.00 e. The van der Waals surface area contributed by atoms with Crippen LogP contribution in [0.4, 0.5) is 0 Å². The third kappa shape index (κ3) is 361. The van der Waals surface area contributed by atoms with E-state index in [0.29, 0.717) is 0 Å². The average Bonchev–Trinajstić information content (AvgIpc) is 1.39. The van der Waals surface area contributed by atoms with Gasteiger partial charge < -0.3 is 9.79 Å². The molecule has 0 aliphatic carbocycles. The fraction of sp³-hybridized carbons (Fsp3) is 0. The van der Waals surface area contributed by atoms with Crippen molar-refractivity contribution >= 4 is 17.4 Å². The molecule has 0 aromatic heterocycles. The van der Waals surface area contributed by atoms with Gasteiger partial charge in [-0.2, -0.15) is 0 Å². The van der Waals surface area contributed by atoms with Gasteiger partial charge in [0.2, 0.25) is 0 Å². The van der Waals surface area contributed by atoms with Crippen LogP contribution in [0.25, 0.3) is 0 Å². The molecule has 0 aliphatic rings. The maximum absolute atomic E-state index is 8.46. The van der Waals surface area contributed by atoms with E-state index < -0.39 is 17.4 Å². The summed E-state index contributed by atoms with van der Waals surface area (Å²) in [6.45, 7) is 0. The Morgan fingerprint density at radius 2 is 1.00 bits per heavy atom. The molecule has 0 fully saturated rings. The molecule has 0 aromatic carbocycles. The van der Waals surface area contributed by atoms with E-state index in [9.17, 15) is 0 Å². The molecule has 0 bridgehead atoms. The van der Waals surface area contributed by atoms with Gasteiger partial charge in [0.05, 0.1) is 0 Å². The van der Waals surface area contributed by atoms with Gasteiger partial charge in [0.1, 0.15) is 0 Å². The van der Waals surface area contributed by atoms with E-state index in [-0.39, 0.29) is 16.8 Å². The minimum atomic E-state index is -0.833. The van der Waals surface area contributed by atoms with Crippen molar-refractivity contribution < 1.29 is 35.7 Å². The Hall–Kier alpha value is 0.626. The molecular formula is H2CoO4P2+2. The van der Waals surface area contributed by atoms with Crippen molar-refractivity contribution in [1.29, 1.82) is 0 Å². The Kier molecular flexibility index (Phi) is 68.0. The fourth-order valence-electron chi connectivity index (χ4n) is 0. The van der Waals surface area contributed by atoms with Crippen molar-refractivity contribution in [3.8, 4) is 0 Å². The molecule has 0 aromatic rings. The SMILES string of the molecule is O=PO.O=PO.[Co+2]. The van der Waals surface area contributed by atoms with Crippen LogP contribution >= 0.6 is 17.4 Å². The fourth-order valence-corrected chi connectivity index (χ4v) is 0. The third-order valence-corrected chi connectivity index (χ3v) is 0. The Bertz CT molecular complexity index is 30.7. The van der Waals surface area contributed by atoms with E-state index in [0.717, 1.165) is 0 Å². The van der Waals surface area contributed by atoms with Crippen molar-refractivity contribution in [2.24, 2.45) is 0 Å². The third-order valence-electron chi connectivity index (χ3n) is 0. The van der Waals surface area contributed by atoms with Crippen LogP contribution in [0.3, 0.4) is 0 Å². The minimum absolute atomic E-state index is 0. The molecule has 0 amide bonds. The van der Waals surface area contributed by atoms with Crippen LogP contribution in [0.15, 0.2) is 0 Å². The Labute approximate surface area is 53.7 Å². The zero-order chi connectivity index (χ0) is 5.41. The van der Waals surface area contributed by atoms with Crippen LogP contribution in [-0.2, 0) is 25.9 Å². The van der Waals surface area contributed by atoms with Crippen molar-refractivity contribution in [2.75, 3.05) is 0 Å². The van der Waals surface area contributed by atoms with Crippen LogP contribution in [0.5, 0.6) is 0 Å². The monoisotopic (exact) mass is 187 g/mol. The normalized spacial score (nSPS) is 6.00. The van der Waals surface area contributed by atoms with Crippen molar-refractivity contribution in [1.82, 2.24) is 0 Å². The summed E-state index contributed by atoms with van der Waals surface area (Å²) in [4.78, 5) is 14.0. The molecule has 0 rings (SSSR count). The molecule has 43 valence electrons. The van der Waals surface area contributed by atoms with Crippen LogP contribution in [0.1, 0.15) is 0 Å². The summed E-state index contributed by atoms with van der Waals surface area (Å²) in [6.07, 6.45) is 0. The second-order valence-electron chi connectivity index (χ2n) is 0.163. The van der Waals surface area contributed by atoms with Crippen LogP contribution < -0.4 is 0 Å². The van der Waals surface area contributed by atoms with E-state index in [1.54, 1.807) is 0 Å². The Morgan fingerprint density at radius 3 is 1.00 bits per heavy atom. The topological polar surface area (TPSA) is 74.6 Å². The molecule has 1 radical (unpaired) electrons. The summed E-state index contributed by atoms with van der Waals surface area (Å²) in [5.74, 6) is 0. The smallest absolute Gasteiger partial charge is 0.310 e. The Balaban J connectivity index is -0.0000000400. The van der Waals surface area contributed by atoms with Gasteiger partial charge in [-0.1, -0.05) is 0 Å². The summed E-state index contributed by atoms with van der Waals surface area (Å²) in [6, 6.07) is 0. The number of hydrogen-bond donors (Lipinski definition) is 2. The van der Waals surface area contributed by atoms with Gasteiger partial charge in [0, 0.05) is 0 Å². The van der Waals surface area contributed by atoms with E-state index in [4.69, 9.17) is 18.9 Å². The van der Waals surface area contributed by atoms with Gasteiger partial charge in [-0.3, -0.25) is 0 Å². The van der Waals surface area contributed by atoms with Crippen molar-refractivity contribution in [3.05, 3.63) is 0 Å². The first-order valence-corrected chi connectivity index (χ1v) is 2.30. The van der Waals surface area contributed by atoms with Gasteiger partial charge >= 0.3 is 34.2 Å². The summed E-state index contributed by atoms with van der Waals surface area (Å²) >= 11 is 0. The number of rotatable bonds is 0. The van der Waals surface area contributed by atoms with Gasteiger partial charge in [-0.25, -0.2) is 9.13 Å².